The fraction of sp³-hybridized carbons (Fsp3) is 0.800. The summed E-state index contributed by atoms with van der Waals surface area (Å²) in [5.41, 5.74) is 0. The van der Waals surface area contributed by atoms with E-state index in [9.17, 15) is 0 Å². The van der Waals surface area contributed by atoms with Gasteiger partial charge in [0.2, 0.25) is 0 Å². The van der Waals surface area contributed by atoms with Crippen molar-refractivity contribution in [1.82, 2.24) is 4.90 Å². The fourth-order valence-electron chi connectivity index (χ4n) is 1.91. The molecular weight excluding hydrogens is 134 g/mol. The van der Waals surface area contributed by atoms with Crippen molar-refractivity contribution >= 4 is 0 Å². The summed E-state index contributed by atoms with van der Waals surface area (Å²) in [4.78, 5) is 2.35. The first-order valence-corrected chi connectivity index (χ1v) is 4.73. The highest BCUT2D eigenvalue weighted by atomic mass is 15.1. The van der Waals surface area contributed by atoms with Gasteiger partial charge in [-0.15, -0.1) is 0 Å². The highest BCUT2D eigenvalue weighted by Gasteiger charge is 2.15. The monoisotopic (exact) mass is 153 g/mol. The Bertz CT molecular complexity index is 118. The highest BCUT2D eigenvalue weighted by molar-refractivity contribution is 4.78. The molecule has 0 spiro atoms. The standard InChI is InChI=1S/C10H19N/c1-3-6-10-7-5-8-11(4-2)9-10/h4,10H,2-3,5-9H2,1H3. The molecule has 1 heterocycles. The number of rotatable bonds is 3. The molecular formula is C10H19N. The van der Waals surface area contributed by atoms with E-state index in [4.69, 9.17) is 0 Å². The molecule has 0 radical (unpaired) electrons. The summed E-state index contributed by atoms with van der Waals surface area (Å²) in [6.07, 6.45) is 7.50. The van der Waals surface area contributed by atoms with E-state index in [0.717, 1.165) is 5.92 Å². The van der Waals surface area contributed by atoms with E-state index in [2.05, 4.69) is 18.4 Å². The van der Waals surface area contributed by atoms with E-state index < -0.39 is 0 Å². The van der Waals surface area contributed by atoms with E-state index in [1.807, 2.05) is 6.20 Å². The predicted octanol–water partition coefficient (Wildman–Crippen LogP) is 2.64. The summed E-state index contributed by atoms with van der Waals surface area (Å²) in [7, 11) is 0. The van der Waals surface area contributed by atoms with Crippen molar-refractivity contribution in [2.45, 2.75) is 32.6 Å². The third-order valence-electron chi connectivity index (χ3n) is 2.51. The Hall–Kier alpha value is -0.460. The van der Waals surface area contributed by atoms with Gasteiger partial charge >= 0.3 is 0 Å². The van der Waals surface area contributed by atoms with E-state index in [0.29, 0.717) is 0 Å². The molecule has 0 aromatic rings. The molecule has 1 unspecified atom stereocenters. The Kier molecular flexibility index (Phi) is 3.47. The summed E-state index contributed by atoms with van der Waals surface area (Å²) < 4.78 is 0. The lowest BCUT2D eigenvalue weighted by Gasteiger charge is -2.31. The lowest BCUT2D eigenvalue weighted by Crippen LogP contribution is -2.30. The first kappa shape index (κ1) is 8.63. The van der Waals surface area contributed by atoms with Gasteiger partial charge in [-0.2, -0.15) is 0 Å². The van der Waals surface area contributed by atoms with Crippen LogP contribution in [0.2, 0.25) is 0 Å². The van der Waals surface area contributed by atoms with Crippen molar-refractivity contribution in [3.8, 4) is 0 Å². The Morgan fingerprint density at radius 1 is 1.64 bits per heavy atom. The van der Waals surface area contributed by atoms with Crippen LogP contribution in [0.3, 0.4) is 0 Å². The second kappa shape index (κ2) is 4.42. The van der Waals surface area contributed by atoms with Gasteiger partial charge in [0.05, 0.1) is 0 Å². The number of piperidine rings is 1. The lowest BCUT2D eigenvalue weighted by molar-refractivity contribution is 0.225. The Balaban J connectivity index is 2.27. The zero-order valence-corrected chi connectivity index (χ0v) is 7.55. The summed E-state index contributed by atoms with van der Waals surface area (Å²) >= 11 is 0. The van der Waals surface area contributed by atoms with Crippen LogP contribution < -0.4 is 0 Å². The molecule has 1 rings (SSSR count). The molecule has 0 aromatic carbocycles. The largest absolute Gasteiger partial charge is 0.378 e. The van der Waals surface area contributed by atoms with Gasteiger partial charge in [-0.1, -0.05) is 19.9 Å². The van der Waals surface area contributed by atoms with Crippen LogP contribution in [0.1, 0.15) is 32.6 Å². The number of hydrogen-bond donors (Lipinski definition) is 0. The summed E-state index contributed by atoms with van der Waals surface area (Å²) in [5.74, 6) is 0.937. The molecule has 64 valence electrons. The van der Waals surface area contributed by atoms with Gasteiger partial charge in [0.25, 0.3) is 0 Å². The molecule has 11 heavy (non-hydrogen) atoms. The summed E-state index contributed by atoms with van der Waals surface area (Å²) in [6.45, 7) is 8.55. The zero-order valence-electron chi connectivity index (χ0n) is 7.55. The molecule has 0 amide bonds. The highest BCUT2D eigenvalue weighted by Crippen LogP contribution is 2.20. The first-order valence-electron chi connectivity index (χ1n) is 4.73. The van der Waals surface area contributed by atoms with Crippen LogP contribution in [0.4, 0.5) is 0 Å². The maximum Gasteiger partial charge on any atom is 0.0200 e. The van der Waals surface area contributed by atoms with Crippen molar-refractivity contribution in [3.05, 3.63) is 12.8 Å². The van der Waals surface area contributed by atoms with Gasteiger partial charge in [-0.3, -0.25) is 0 Å². The van der Waals surface area contributed by atoms with Crippen molar-refractivity contribution < 1.29 is 0 Å². The van der Waals surface area contributed by atoms with E-state index in [-0.39, 0.29) is 0 Å². The normalized spacial score (nSPS) is 25.2. The minimum absolute atomic E-state index is 0.937. The molecule has 1 aliphatic heterocycles. The van der Waals surface area contributed by atoms with Crippen molar-refractivity contribution in [2.75, 3.05) is 13.1 Å². The molecule has 0 N–H and O–H groups in total. The van der Waals surface area contributed by atoms with Crippen LogP contribution in [-0.2, 0) is 0 Å². The second-order valence-corrected chi connectivity index (χ2v) is 3.47. The summed E-state index contributed by atoms with van der Waals surface area (Å²) in [5, 5.41) is 0. The Labute approximate surface area is 70.1 Å². The van der Waals surface area contributed by atoms with Gasteiger partial charge in [-0.05, 0) is 31.4 Å². The minimum Gasteiger partial charge on any atom is -0.378 e. The number of likely N-dealkylation sites (tertiary alicyclic amines) is 1. The minimum atomic E-state index is 0.937. The van der Waals surface area contributed by atoms with Crippen LogP contribution in [0.5, 0.6) is 0 Å². The van der Waals surface area contributed by atoms with Crippen LogP contribution >= 0.6 is 0 Å². The third kappa shape index (κ3) is 2.57. The smallest absolute Gasteiger partial charge is 0.0200 e. The van der Waals surface area contributed by atoms with Gasteiger partial charge < -0.3 is 4.90 Å². The average Bonchev–Trinajstić information content (AvgIpc) is 2.06. The molecule has 1 nitrogen and oxygen atoms in total. The maximum absolute atomic E-state index is 3.80. The van der Waals surface area contributed by atoms with Gasteiger partial charge in [0.15, 0.2) is 0 Å². The number of hydrogen-bond acceptors (Lipinski definition) is 1. The van der Waals surface area contributed by atoms with Crippen molar-refractivity contribution in [1.29, 1.82) is 0 Å². The van der Waals surface area contributed by atoms with Crippen LogP contribution in [0.15, 0.2) is 12.8 Å². The molecule has 0 aromatic heterocycles. The second-order valence-electron chi connectivity index (χ2n) is 3.47. The number of nitrogens with zero attached hydrogens (tertiary/aromatic N) is 1. The fourth-order valence-corrected chi connectivity index (χ4v) is 1.91. The Morgan fingerprint density at radius 2 is 2.45 bits per heavy atom. The van der Waals surface area contributed by atoms with Crippen LogP contribution in [-0.4, -0.2) is 18.0 Å². The lowest BCUT2D eigenvalue weighted by atomic mass is 9.94. The molecule has 0 bridgehead atoms. The van der Waals surface area contributed by atoms with E-state index in [1.54, 1.807) is 0 Å². The Morgan fingerprint density at radius 3 is 3.09 bits per heavy atom. The van der Waals surface area contributed by atoms with Crippen LogP contribution in [0.25, 0.3) is 0 Å². The van der Waals surface area contributed by atoms with Crippen molar-refractivity contribution in [2.24, 2.45) is 5.92 Å². The molecule has 1 atom stereocenters. The average molecular weight is 153 g/mol. The molecule has 0 saturated carbocycles. The first-order chi connectivity index (χ1) is 5.36. The molecule has 1 saturated heterocycles. The summed E-state index contributed by atoms with van der Waals surface area (Å²) in [6, 6.07) is 0. The molecule has 0 aliphatic carbocycles. The third-order valence-corrected chi connectivity index (χ3v) is 2.51. The molecule has 1 aliphatic rings. The van der Waals surface area contributed by atoms with Crippen molar-refractivity contribution in [3.63, 3.8) is 0 Å². The van der Waals surface area contributed by atoms with Gasteiger partial charge in [-0.25, -0.2) is 0 Å². The quantitative estimate of drug-likeness (QED) is 0.602. The molecule has 1 fully saturated rings. The molecule has 1 heteroatoms. The predicted molar refractivity (Wildman–Crippen MR) is 49.4 cm³/mol. The van der Waals surface area contributed by atoms with Gasteiger partial charge in [0.1, 0.15) is 0 Å². The maximum atomic E-state index is 3.80. The van der Waals surface area contributed by atoms with Gasteiger partial charge in [0, 0.05) is 13.1 Å². The van der Waals surface area contributed by atoms with E-state index in [1.165, 1.54) is 38.8 Å². The zero-order chi connectivity index (χ0) is 8.10. The van der Waals surface area contributed by atoms with Crippen LogP contribution in [0, 0.1) is 5.92 Å². The topological polar surface area (TPSA) is 3.24 Å². The SMILES string of the molecule is C=CN1CCCC(CCC)C1. The van der Waals surface area contributed by atoms with E-state index >= 15 is 0 Å².